The van der Waals surface area contributed by atoms with E-state index in [1.807, 2.05) is 26.8 Å². The first-order valence-corrected chi connectivity index (χ1v) is 15.6. The maximum Gasteiger partial charge on any atom is 0.306 e. The highest BCUT2D eigenvalue weighted by molar-refractivity contribution is 8.13. The van der Waals surface area contributed by atoms with Crippen LogP contribution in [0.1, 0.15) is 71.1 Å². The Balaban J connectivity index is 1.41. The van der Waals surface area contributed by atoms with Crippen LogP contribution in [0.5, 0.6) is 0 Å². The first-order chi connectivity index (χ1) is 19.9. The van der Waals surface area contributed by atoms with Crippen molar-refractivity contribution >= 4 is 28.9 Å². The van der Waals surface area contributed by atoms with Crippen LogP contribution in [0.15, 0.2) is 30.1 Å². The first-order valence-electron chi connectivity index (χ1n) is 14.6. The lowest BCUT2D eigenvalue weighted by Crippen LogP contribution is -2.70. The number of aliphatic hydroxyl groups is 1. The van der Waals surface area contributed by atoms with Crippen molar-refractivity contribution in [1.29, 1.82) is 0 Å². The SMILES string of the molecule is CCC(=O)O[C@]1(C(=O)SCF)[C@H](C)C[C@H]2[C@@H]3CCC4=Cc5c(cnn5-c5ccc(F)nc5)C[C@]4(C)[C@@]3(F)[C@@H](O)C[C@@]21C. The van der Waals surface area contributed by atoms with E-state index in [-0.39, 0.29) is 18.8 Å². The Hall–Kier alpha value is -2.66. The fourth-order valence-electron chi connectivity index (χ4n) is 9.18. The van der Waals surface area contributed by atoms with Crippen molar-refractivity contribution in [2.24, 2.45) is 28.6 Å². The van der Waals surface area contributed by atoms with Crippen LogP contribution in [0, 0.1) is 34.5 Å². The van der Waals surface area contributed by atoms with Gasteiger partial charge in [0.2, 0.25) is 11.1 Å². The highest BCUT2D eigenvalue weighted by Gasteiger charge is 2.77. The van der Waals surface area contributed by atoms with E-state index in [1.54, 1.807) is 23.9 Å². The predicted molar refractivity (Wildman–Crippen MR) is 151 cm³/mol. The minimum Gasteiger partial charge on any atom is -0.449 e. The lowest BCUT2D eigenvalue weighted by molar-refractivity contribution is -0.231. The van der Waals surface area contributed by atoms with Gasteiger partial charge < -0.3 is 9.84 Å². The number of ether oxygens (including phenoxy) is 1. The molecule has 42 heavy (non-hydrogen) atoms. The zero-order valence-electron chi connectivity index (χ0n) is 24.2. The van der Waals surface area contributed by atoms with E-state index in [0.29, 0.717) is 43.1 Å². The molecule has 0 bridgehead atoms. The molecule has 0 aromatic carbocycles. The second-order valence-corrected chi connectivity index (χ2v) is 13.8. The number of esters is 1. The fourth-order valence-corrected chi connectivity index (χ4v) is 9.97. The minimum absolute atomic E-state index is 0.0397. The standard InChI is InChI=1S/C31H36F3N3O4S/c1-5-26(39)41-31(27(40)42-16-32)17(2)10-22-21-8-6-19-11-23-18(14-36-37(23)20-7-9-25(33)35-15-20)12-28(19,3)30(21,34)24(38)13-29(22,31)4/h7,9,11,14-15,17,21-22,24,38H,5-6,8,10,12-13,16H2,1-4H3/t17-,21+,22+,24+,28+,29+,30+,31+/m1/s1. The lowest BCUT2D eigenvalue weighted by Gasteiger charge is -2.63. The van der Waals surface area contributed by atoms with Crippen molar-refractivity contribution in [2.75, 3.05) is 6.01 Å². The quantitative estimate of drug-likeness (QED) is 0.342. The van der Waals surface area contributed by atoms with Crippen molar-refractivity contribution in [3.8, 4) is 5.69 Å². The summed E-state index contributed by atoms with van der Waals surface area (Å²) >= 11 is 0.477. The van der Waals surface area contributed by atoms with Gasteiger partial charge in [-0.05, 0) is 73.6 Å². The summed E-state index contributed by atoms with van der Waals surface area (Å²) in [7, 11) is 0. The molecule has 0 amide bonds. The average molecular weight is 604 g/mol. The van der Waals surface area contributed by atoms with E-state index >= 15 is 4.39 Å². The molecular formula is C31H36F3N3O4S. The number of halogens is 3. The molecule has 4 aliphatic rings. The van der Waals surface area contributed by atoms with Gasteiger partial charge in [-0.15, -0.1) is 0 Å². The van der Waals surface area contributed by atoms with Crippen LogP contribution in [0.2, 0.25) is 0 Å². The molecule has 8 atom stereocenters. The number of hydrogen-bond donors (Lipinski definition) is 1. The number of alkyl halides is 2. The van der Waals surface area contributed by atoms with Crippen LogP contribution in [-0.4, -0.2) is 54.3 Å². The normalized spacial score (nSPS) is 38.5. The highest BCUT2D eigenvalue weighted by atomic mass is 32.2. The van der Waals surface area contributed by atoms with Gasteiger partial charge in [0.1, 0.15) is 11.7 Å². The number of thioether (sulfide) groups is 1. The molecule has 6 rings (SSSR count). The van der Waals surface area contributed by atoms with Gasteiger partial charge in [0, 0.05) is 29.1 Å². The molecule has 0 radical (unpaired) electrons. The van der Waals surface area contributed by atoms with Gasteiger partial charge in [-0.1, -0.05) is 33.3 Å². The van der Waals surface area contributed by atoms with E-state index in [9.17, 15) is 23.5 Å². The molecule has 0 unspecified atom stereocenters. The Morgan fingerprint density at radius 3 is 2.67 bits per heavy atom. The second kappa shape index (κ2) is 9.94. The number of allylic oxidation sites excluding steroid dienone is 1. The molecule has 0 saturated heterocycles. The lowest BCUT2D eigenvalue weighted by atomic mass is 9.44. The van der Waals surface area contributed by atoms with Crippen molar-refractivity contribution in [3.05, 3.63) is 47.3 Å². The molecule has 7 nitrogen and oxygen atoms in total. The van der Waals surface area contributed by atoms with Gasteiger partial charge in [0.15, 0.2) is 5.60 Å². The number of nitrogens with zero attached hydrogens (tertiary/aromatic N) is 3. The molecule has 3 fully saturated rings. The fraction of sp³-hybridized carbons (Fsp3) is 0.613. The summed E-state index contributed by atoms with van der Waals surface area (Å²) < 4.78 is 52.6. The number of carbonyl (C=O) groups is 2. The molecule has 226 valence electrons. The number of rotatable bonds is 5. The third-order valence-electron chi connectivity index (χ3n) is 11.1. The Morgan fingerprint density at radius 2 is 2.00 bits per heavy atom. The van der Waals surface area contributed by atoms with Crippen LogP contribution in [0.25, 0.3) is 11.8 Å². The highest BCUT2D eigenvalue weighted by Crippen LogP contribution is 2.72. The average Bonchev–Trinajstić information content (AvgIpc) is 3.44. The van der Waals surface area contributed by atoms with Gasteiger partial charge >= 0.3 is 5.97 Å². The van der Waals surface area contributed by atoms with E-state index in [2.05, 4.69) is 10.1 Å². The Labute approximate surface area is 247 Å². The van der Waals surface area contributed by atoms with Crippen LogP contribution in [-0.2, 0) is 20.7 Å². The maximum absolute atomic E-state index is 18.0. The van der Waals surface area contributed by atoms with Crippen molar-refractivity contribution in [3.63, 3.8) is 0 Å². The molecular weight excluding hydrogens is 567 g/mol. The van der Waals surface area contributed by atoms with E-state index in [1.165, 1.54) is 12.3 Å². The number of pyridine rings is 1. The molecule has 0 spiro atoms. The van der Waals surface area contributed by atoms with Crippen molar-refractivity contribution < 1.29 is 32.6 Å². The number of carbonyl (C=O) groups excluding carboxylic acids is 2. The zero-order valence-corrected chi connectivity index (χ0v) is 25.0. The topological polar surface area (TPSA) is 94.3 Å². The Kier molecular flexibility index (Phi) is 6.96. The summed E-state index contributed by atoms with van der Waals surface area (Å²) in [6.45, 7) is 7.13. The second-order valence-electron chi connectivity index (χ2n) is 12.9. The van der Waals surface area contributed by atoms with Crippen molar-refractivity contribution in [1.82, 2.24) is 14.8 Å². The van der Waals surface area contributed by atoms with Gasteiger partial charge in [0.25, 0.3) is 0 Å². The molecule has 3 saturated carbocycles. The third kappa shape index (κ3) is 3.71. The third-order valence-corrected chi connectivity index (χ3v) is 11.8. The van der Waals surface area contributed by atoms with Crippen LogP contribution in [0.4, 0.5) is 13.2 Å². The summed E-state index contributed by atoms with van der Waals surface area (Å²) in [6.07, 6.45) is 5.25. The van der Waals surface area contributed by atoms with E-state index < -0.39 is 63.1 Å². The van der Waals surface area contributed by atoms with Gasteiger partial charge in [-0.3, -0.25) is 9.59 Å². The molecule has 4 aliphatic carbocycles. The first kappa shape index (κ1) is 29.4. The molecule has 0 aliphatic heterocycles. The molecule has 1 N–H and O–H groups in total. The minimum atomic E-state index is -2.03. The number of aliphatic hydroxyl groups excluding tert-OH is 1. The van der Waals surface area contributed by atoms with Crippen LogP contribution < -0.4 is 0 Å². The Bertz CT molecular complexity index is 1470. The number of hydrogen-bond acceptors (Lipinski definition) is 7. The summed E-state index contributed by atoms with van der Waals surface area (Å²) in [4.78, 5) is 30.1. The summed E-state index contributed by atoms with van der Waals surface area (Å²) in [5, 5.41) is 15.8. The monoisotopic (exact) mass is 603 g/mol. The Morgan fingerprint density at radius 1 is 1.24 bits per heavy atom. The summed E-state index contributed by atoms with van der Waals surface area (Å²) in [5.41, 5.74) is -2.77. The molecule has 11 heteroatoms. The predicted octanol–water partition coefficient (Wildman–Crippen LogP) is 5.78. The van der Waals surface area contributed by atoms with E-state index in [0.717, 1.165) is 16.8 Å². The largest absolute Gasteiger partial charge is 0.449 e. The number of fused-ring (bicyclic) bond motifs is 6. The smallest absolute Gasteiger partial charge is 0.306 e. The zero-order chi connectivity index (χ0) is 30.2. The maximum atomic E-state index is 18.0. The molecule has 2 aromatic heterocycles. The van der Waals surface area contributed by atoms with Crippen molar-refractivity contribution in [2.45, 2.75) is 83.6 Å². The van der Waals surface area contributed by atoms with Crippen LogP contribution >= 0.6 is 11.8 Å². The summed E-state index contributed by atoms with van der Waals surface area (Å²) in [5.74, 6) is -2.63. The van der Waals surface area contributed by atoms with Crippen LogP contribution in [0.3, 0.4) is 0 Å². The number of aromatic nitrogens is 3. The molecule has 2 aromatic rings. The van der Waals surface area contributed by atoms with Gasteiger partial charge in [-0.2, -0.15) is 9.49 Å². The van der Waals surface area contributed by atoms with E-state index in [4.69, 9.17) is 4.74 Å². The molecule has 2 heterocycles. The summed E-state index contributed by atoms with van der Waals surface area (Å²) in [6, 6.07) is 1.88. The van der Waals surface area contributed by atoms with Gasteiger partial charge in [-0.25, -0.2) is 18.4 Å². The van der Waals surface area contributed by atoms with Gasteiger partial charge in [0.05, 0.1) is 29.9 Å².